The third-order valence-corrected chi connectivity index (χ3v) is 13.6. The van der Waals surface area contributed by atoms with Gasteiger partial charge in [-0.25, -0.2) is 0 Å². The maximum Gasteiger partial charge on any atom is 0.144 e. The molecule has 0 heterocycles. The fourth-order valence-corrected chi connectivity index (χ4v) is 12.0. The molecule has 39 heavy (non-hydrogen) atoms. The number of hydrogen-bond donors (Lipinski definition) is 0. The molecule has 0 aromatic heterocycles. The molecule has 2 heteroatoms. The van der Waals surface area contributed by atoms with E-state index in [-0.39, 0.29) is 7.43 Å². The zero-order chi connectivity index (χ0) is 25.6. The van der Waals surface area contributed by atoms with Crippen molar-refractivity contribution in [2.24, 2.45) is 0 Å². The first kappa shape index (κ1) is 26.8. The molecule has 0 aliphatic rings. The van der Waals surface area contributed by atoms with Crippen molar-refractivity contribution in [1.29, 1.82) is 0 Å². The van der Waals surface area contributed by atoms with Gasteiger partial charge in [-0.05, 0) is 72.4 Å². The molecule has 6 aromatic rings. The second-order valence-corrected chi connectivity index (χ2v) is 14.8. The van der Waals surface area contributed by atoms with Gasteiger partial charge in [-0.15, -0.1) is 0 Å². The summed E-state index contributed by atoms with van der Waals surface area (Å²) in [6.07, 6.45) is 0. The van der Waals surface area contributed by atoms with Crippen molar-refractivity contribution in [3.63, 3.8) is 0 Å². The standard InChI is InChI=1S/C36H29P2.CH4/c1-6-17-30(18-7-1)37(31-19-8-2-9-20-31)32-21-16-28-36(29-32)38(33-22-10-3-11-23-33,34-24-12-4-13-25-34)35-26-14-5-15-27-35;/h1-29H;1H4/q+1;. The molecule has 6 aromatic carbocycles. The predicted molar refractivity (Wildman–Crippen MR) is 177 cm³/mol. The van der Waals surface area contributed by atoms with Gasteiger partial charge in [0.25, 0.3) is 0 Å². The minimum atomic E-state index is -2.15. The number of rotatable bonds is 7. The van der Waals surface area contributed by atoms with E-state index < -0.39 is 15.2 Å². The average Bonchev–Trinajstić information content (AvgIpc) is 3.01. The van der Waals surface area contributed by atoms with Gasteiger partial charge in [0.1, 0.15) is 28.5 Å². The summed E-state index contributed by atoms with van der Waals surface area (Å²) in [5.74, 6) is 0. The second-order valence-electron chi connectivity index (χ2n) is 9.20. The van der Waals surface area contributed by atoms with E-state index in [2.05, 4.69) is 176 Å². The smallest absolute Gasteiger partial charge is 0.0776 e. The van der Waals surface area contributed by atoms with Crippen molar-refractivity contribution in [1.82, 2.24) is 0 Å². The Hall–Kier alpha value is -3.82. The van der Waals surface area contributed by atoms with E-state index in [4.69, 9.17) is 0 Å². The molecule has 0 bridgehead atoms. The van der Waals surface area contributed by atoms with Crippen molar-refractivity contribution < 1.29 is 0 Å². The van der Waals surface area contributed by atoms with Crippen molar-refractivity contribution >= 4 is 52.3 Å². The summed E-state index contributed by atoms with van der Waals surface area (Å²) in [4.78, 5) is 0. The Bertz CT molecular complexity index is 1450. The molecule has 6 rings (SSSR count). The second kappa shape index (κ2) is 12.4. The van der Waals surface area contributed by atoms with E-state index in [9.17, 15) is 0 Å². The maximum absolute atomic E-state index is 2.51. The van der Waals surface area contributed by atoms with Gasteiger partial charge in [-0.1, -0.05) is 135 Å². The molecule has 0 radical (unpaired) electrons. The Morgan fingerprint density at radius 1 is 0.308 bits per heavy atom. The minimum Gasteiger partial charge on any atom is -0.0776 e. The number of benzene rings is 6. The monoisotopic (exact) mass is 539 g/mol. The van der Waals surface area contributed by atoms with Crippen LogP contribution >= 0.6 is 15.2 Å². The van der Waals surface area contributed by atoms with Crippen LogP contribution in [-0.2, 0) is 0 Å². The van der Waals surface area contributed by atoms with Crippen LogP contribution in [0.15, 0.2) is 176 Å². The van der Waals surface area contributed by atoms with E-state index in [0.29, 0.717) is 0 Å². The van der Waals surface area contributed by atoms with Gasteiger partial charge < -0.3 is 0 Å². The first-order valence-corrected chi connectivity index (χ1v) is 16.1. The van der Waals surface area contributed by atoms with Crippen LogP contribution in [0.3, 0.4) is 0 Å². The van der Waals surface area contributed by atoms with Crippen LogP contribution in [0.25, 0.3) is 0 Å². The summed E-state index contributed by atoms with van der Waals surface area (Å²) in [5.41, 5.74) is 0. The normalized spacial score (nSPS) is 11.1. The summed E-state index contributed by atoms with van der Waals surface area (Å²) in [6.45, 7) is 0. The highest BCUT2D eigenvalue weighted by atomic mass is 31.2. The molecule has 0 amide bonds. The fourth-order valence-electron chi connectivity index (χ4n) is 5.29. The molecular formula is C37H33P2+. The first-order chi connectivity index (χ1) is 18.9. The summed E-state index contributed by atoms with van der Waals surface area (Å²) >= 11 is 0. The highest BCUT2D eigenvalue weighted by Crippen LogP contribution is 2.54. The highest BCUT2D eigenvalue weighted by molar-refractivity contribution is 8.01. The van der Waals surface area contributed by atoms with Crippen LogP contribution < -0.4 is 37.1 Å². The van der Waals surface area contributed by atoms with E-state index in [1.807, 2.05) is 0 Å². The Labute approximate surface area is 235 Å². The lowest BCUT2D eigenvalue weighted by Crippen LogP contribution is -2.39. The third-order valence-electron chi connectivity index (χ3n) is 6.93. The zero-order valence-corrected chi connectivity index (χ0v) is 22.9. The Kier molecular flexibility index (Phi) is 8.48. The van der Waals surface area contributed by atoms with Crippen LogP contribution in [0.5, 0.6) is 0 Å². The van der Waals surface area contributed by atoms with Gasteiger partial charge in [0.2, 0.25) is 0 Å². The van der Waals surface area contributed by atoms with E-state index in [0.717, 1.165) is 0 Å². The minimum absolute atomic E-state index is 0. The quantitative estimate of drug-likeness (QED) is 0.198. The van der Waals surface area contributed by atoms with Gasteiger partial charge in [-0.3, -0.25) is 0 Å². The van der Waals surface area contributed by atoms with Crippen LogP contribution in [0.1, 0.15) is 7.43 Å². The lowest BCUT2D eigenvalue weighted by atomic mass is 10.3. The van der Waals surface area contributed by atoms with Crippen molar-refractivity contribution in [3.05, 3.63) is 176 Å². The average molecular weight is 540 g/mol. The molecule has 0 spiro atoms. The fraction of sp³-hybridized carbons (Fsp3) is 0.0270. The molecule has 0 unspecified atom stereocenters. The van der Waals surface area contributed by atoms with Gasteiger partial charge in [-0.2, -0.15) is 0 Å². The molecule has 0 atom stereocenters. The lowest BCUT2D eigenvalue weighted by molar-refractivity contribution is 1.71. The van der Waals surface area contributed by atoms with Crippen molar-refractivity contribution in [2.75, 3.05) is 0 Å². The summed E-state index contributed by atoms with van der Waals surface area (Å²) in [7, 11) is -2.84. The molecule has 0 aliphatic carbocycles. The molecule has 190 valence electrons. The largest absolute Gasteiger partial charge is 0.144 e. The van der Waals surface area contributed by atoms with Crippen LogP contribution in [-0.4, -0.2) is 0 Å². The lowest BCUT2D eigenvalue weighted by Gasteiger charge is -2.28. The van der Waals surface area contributed by atoms with Crippen molar-refractivity contribution in [3.8, 4) is 0 Å². The molecule has 0 saturated heterocycles. The zero-order valence-electron chi connectivity index (χ0n) is 21.1. The third kappa shape index (κ3) is 5.24. The topological polar surface area (TPSA) is 0 Å². The highest BCUT2D eigenvalue weighted by Gasteiger charge is 2.48. The summed E-state index contributed by atoms with van der Waals surface area (Å²) in [6, 6.07) is 64.8. The molecule has 0 N–H and O–H groups in total. The van der Waals surface area contributed by atoms with E-state index >= 15 is 0 Å². The Morgan fingerprint density at radius 3 is 1.00 bits per heavy atom. The van der Waals surface area contributed by atoms with Crippen LogP contribution in [0.4, 0.5) is 0 Å². The Morgan fingerprint density at radius 2 is 0.615 bits per heavy atom. The molecule has 0 nitrogen and oxygen atoms in total. The molecule has 0 saturated carbocycles. The number of hydrogen-bond acceptors (Lipinski definition) is 0. The van der Waals surface area contributed by atoms with Gasteiger partial charge in [0.05, 0.1) is 0 Å². The SMILES string of the molecule is C.c1ccc(P(c2ccccc2)c2cccc([P+](c3ccccc3)(c3ccccc3)c3ccccc3)c2)cc1. The van der Waals surface area contributed by atoms with E-state index in [1.165, 1.54) is 37.1 Å². The Balaban J connectivity index is 0.00000308. The van der Waals surface area contributed by atoms with E-state index in [1.54, 1.807) is 0 Å². The van der Waals surface area contributed by atoms with Crippen molar-refractivity contribution in [2.45, 2.75) is 7.43 Å². The van der Waals surface area contributed by atoms with Crippen LogP contribution in [0, 0.1) is 0 Å². The molecular weight excluding hydrogens is 506 g/mol. The van der Waals surface area contributed by atoms with Gasteiger partial charge in [0.15, 0.2) is 0 Å². The summed E-state index contributed by atoms with van der Waals surface area (Å²) < 4.78 is 0. The predicted octanol–water partition coefficient (Wildman–Crippen LogP) is 6.70. The molecule has 0 fully saturated rings. The maximum atomic E-state index is 2.51. The van der Waals surface area contributed by atoms with Gasteiger partial charge in [0, 0.05) is 0 Å². The first-order valence-electron chi connectivity index (χ1n) is 12.9. The molecule has 0 aliphatic heterocycles. The van der Waals surface area contributed by atoms with Gasteiger partial charge >= 0.3 is 0 Å². The summed E-state index contributed by atoms with van der Waals surface area (Å²) in [5, 5.41) is 9.62. The van der Waals surface area contributed by atoms with Crippen LogP contribution in [0.2, 0.25) is 0 Å².